The van der Waals surface area contributed by atoms with E-state index < -0.39 is 0 Å². The number of amides is 1. The molecule has 1 saturated heterocycles. The third-order valence-corrected chi connectivity index (χ3v) is 3.70. The Labute approximate surface area is 112 Å². The van der Waals surface area contributed by atoms with Crippen molar-refractivity contribution in [3.05, 3.63) is 23.8 Å². The molecule has 19 heavy (non-hydrogen) atoms. The molecule has 0 radical (unpaired) electrons. The van der Waals surface area contributed by atoms with Crippen LogP contribution in [0, 0.1) is 0 Å². The molecule has 0 aliphatic carbocycles. The van der Waals surface area contributed by atoms with E-state index in [-0.39, 0.29) is 18.7 Å². The van der Waals surface area contributed by atoms with Gasteiger partial charge >= 0.3 is 0 Å². The average Bonchev–Trinajstić information content (AvgIpc) is 3.06. The van der Waals surface area contributed by atoms with Crippen molar-refractivity contribution in [1.29, 1.82) is 0 Å². The summed E-state index contributed by atoms with van der Waals surface area (Å²) >= 11 is 0. The number of hydrogen-bond donors (Lipinski definition) is 1. The predicted octanol–water partition coefficient (Wildman–Crippen LogP) is 1.24. The standard InChI is InChI=1S/C14H18N2O3/c1-15-8-10-4-3-7-16(10)14(17)11-5-2-6-12-13(11)19-9-18-12/h2,5-6,10,15H,3-4,7-9H2,1H3. The highest BCUT2D eigenvalue weighted by Crippen LogP contribution is 2.36. The minimum atomic E-state index is 0.0418. The zero-order valence-electron chi connectivity index (χ0n) is 11.0. The molecule has 1 unspecified atom stereocenters. The zero-order chi connectivity index (χ0) is 13.2. The molecule has 5 nitrogen and oxygen atoms in total. The summed E-state index contributed by atoms with van der Waals surface area (Å²) < 4.78 is 10.7. The number of likely N-dealkylation sites (tertiary alicyclic amines) is 1. The Morgan fingerprint density at radius 2 is 2.37 bits per heavy atom. The Hall–Kier alpha value is -1.75. The van der Waals surface area contributed by atoms with Crippen molar-refractivity contribution in [3.63, 3.8) is 0 Å². The highest BCUT2D eigenvalue weighted by atomic mass is 16.7. The Morgan fingerprint density at radius 3 is 3.21 bits per heavy atom. The number of para-hydroxylation sites is 1. The van der Waals surface area contributed by atoms with Gasteiger partial charge in [0.25, 0.3) is 5.91 Å². The molecule has 1 atom stereocenters. The molecular formula is C14H18N2O3. The van der Waals surface area contributed by atoms with Crippen molar-refractivity contribution in [2.75, 3.05) is 26.9 Å². The first-order valence-electron chi connectivity index (χ1n) is 6.65. The SMILES string of the molecule is CNCC1CCCN1C(=O)c1cccc2c1OCO2. The summed E-state index contributed by atoms with van der Waals surface area (Å²) in [5.41, 5.74) is 0.609. The first-order valence-corrected chi connectivity index (χ1v) is 6.65. The van der Waals surface area contributed by atoms with E-state index in [4.69, 9.17) is 9.47 Å². The fraction of sp³-hybridized carbons (Fsp3) is 0.500. The van der Waals surface area contributed by atoms with Crippen LogP contribution in [0.3, 0.4) is 0 Å². The van der Waals surface area contributed by atoms with Crippen LogP contribution in [0.5, 0.6) is 11.5 Å². The van der Waals surface area contributed by atoms with Gasteiger partial charge in [-0.05, 0) is 32.0 Å². The van der Waals surface area contributed by atoms with Crippen LogP contribution in [0.25, 0.3) is 0 Å². The number of nitrogens with one attached hydrogen (secondary N) is 1. The second kappa shape index (κ2) is 5.09. The van der Waals surface area contributed by atoms with Crippen molar-refractivity contribution in [3.8, 4) is 11.5 Å². The Bertz CT molecular complexity index is 490. The van der Waals surface area contributed by atoms with E-state index in [1.807, 2.05) is 30.1 Å². The normalized spacial score (nSPS) is 20.9. The lowest BCUT2D eigenvalue weighted by Crippen LogP contribution is -2.40. The predicted molar refractivity (Wildman–Crippen MR) is 70.6 cm³/mol. The van der Waals surface area contributed by atoms with E-state index in [1.54, 1.807) is 0 Å². The molecule has 0 aromatic heterocycles. The summed E-state index contributed by atoms with van der Waals surface area (Å²) in [6.45, 7) is 1.84. The number of rotatable bonds is 3. The second-order valence-corrected chi connectivity index (χ2v) is 4.89. The number of likely N-dealkylation sites (N-methyl/N-ethyl adjacent to an activating group) is 1. The Balaban J connectivity index is 1.86. The highest BCUT2D eigenvalue weighted by molar-refractivity contribution is 5.98. The minimum absolute atomic E-state index is 0.0418. The maximum absolute atomic E-state index is 12.7. The van der Waals surface area contributed by atoms with E-state index in [0.29, 0.717) is 17.1 Å². The molecule has 2 aliphatic rings. The fourth-order valence-corrected chi connectivity index (χ4v) is 2.80. The first kappa shape index (κ1) is 12.3. The molecule has 102 valence electrons. The van der Waals surface area contributed by atoms with Crippen LogP contribution in [-0.2, 0) is 0 Å². The van der Waals surface area contributed by atoms with Gasteiger partial charge in [0.1, 0.15) is 0 Å². The third kappa shape index (κ3) is 2.14. The van der Waals surface area contributed by atoms with Crippen molar-refractivity contribution in [2.45, 2.75) is 18.9 Å². The van der Waals surface area contributed by atoms with Gasteiger partial charge in [0.05, 0.1) is 5.56 Å². The lowest BCUT2D eigenvalue weighted by molar-refractivity contribution is 0.0732. The van der Waals surface area contributed by atoms with Gasteiger partial charge in [0.15, 0.2) is 11.5 Å². The summed E-state index contributed by atoms with van der Waals surface area (Å²) in [6, 6.07) is 5.75. The quantitative estimate of drug-likeness (QED) is 0.890. The maximum atomic E-state index is 12.7. The summed E-state index contributed by atoms with van der Waals surface area (Å²) in [7, 11) is 1.91. The van der Waals surface area contributed by atoms with Gasteiger partial charge in [-0.2, -0.15) is 0 Å². The smallest absolute Gasteiger partial charge is 0.258 e. The largest absolute Gasteiger partial charge is 0.454 e. The third-order valence-electron chi connectivity index (χ3n) is 3.70. The summed E-state index contributed by atoms with van der Waals surface area (Å²) in [5, 5.41) is 3.15. The molecule has 1 amide bonds. The molecule has 0 saturated carbocycles. The Morgan fingerprint density at radius 1 is 1.47 bits per heavy atom. The van der Waals surface area contributed by atoms with E-state index >= 15 is 0 Å². The number of benzene rings is 1. The number of hydrogen-bond acceptors (Lipinski definition) is 4. The average molecular weight is 262 g/mol. The van der Waals surface area contributed by atoms with Gasteiger partial charge in [-0.3, -0.25) is 4.79 Å². The number of nitrogens with zero attached hydrogens (tertiary/aromatic N) is 1. The monoisotopic (exact) mass is 262 g/mol. The highest BCUT2D eigenvalue weighted by Gasteiger charge is 2.32. The van der Waals surface area contributed by atoms with Crippen LogP contribution in [0.2, 0.25) is 0 Å². The molecule has 2 aliphatic heterocycles. The molecular weight excluding hydrogens is 244 g/mol. The lowest BCUT2D eigenvalue weighted by Gasteiger charge is -2.25. The van der Waals surface area contributed by atoms with E-state index in [0.717, 1.165) is 25.9 Å². The molecule has 0 bridgehead atoms. The van der Waals surface area contributed by atoms with Crippen LogP contribution in [0.1, 0.15) is 23.2 Å². The molecule has 2 heterocycles. The van der Waals surface area contributed by atoms with Crippen LogP contribution in [0.4, 0.5) is 0 Å². The van der Waals surface area contributed by atoms with Crippen LogP contribution in [0.15, 0.2) is 18.2 Å². The maximum Gasteiger partial charge on any atom is 0.258 e. The molecule has 0 spiro atoms. The van der Waals surface area contributed by atoms with Gasteiger partial charge < -0.3 is 19.7 Å². The second-order valence-electron chi connectivity index (χ2n) is 4.89. The van der Waals surface area contributed by atoms with E-state index in [1.165, 1.54) is 0 Å². The summed E-state index contributed by atoms with van der Waals surface area (Å²) in [6.07, 6.45) is 2.11. The van der Waals surface area contributed by atoms with Crippen molar-refractivity contribution in [1.82, 2.24) is 10.2 Å². The molecule has 1 aromatic carbocycles. The number of ether oxygens (including phenoxy) is 2. The lowest BCUT2D eigenvalue weighted by atomic mass is 10.1. The van der Waals surface area contributed by atoms with E-state index in [2.05, 4.69) is 5.32 Å². The summed E-state index contributed by atoms with van der Waals surface area (Å²) in [5.74, 6) is 1.29. The van der Waals surface area contributed by atoms with Gasteiger partial charge in [-0.25, -0.2) is 0 Å². The summed E-state index contributed by atoms with van der Waals surface area (Å²) in [4.78, 5) is 14.6. The number of fused-ring (bicyclic) bond motifs is 1. The van der Waals surface area contributed by atoms with Crippen molar-refractivity contribution < 1.29 is 14.3 Å². The van der Waals surface area contributed by atoms with E-state index in [9.17, 15) is 4.79 Å². The fourth-order valence-electron chi connectivity index (χ4n) is 2.80. The minimum Gasteiger partial charge on any atom is -0.454 e. The van der Waals surface area contributed by atoms with Gasteiger partial charge in [-0.1, -0.05) is 6.07 Å². The van der Waals surface area contributed by atoms with Crippen LogP contribution in [-0.4, -0.2) is 43.8 Å². The van der Waals surface area contributed by atoms with Gasteiger partial charge in [0, 0.05) is 19.1 Å². The molecule has 1 fully saturated rings. The Kier molecular flexibility index (Phi) is 3.29. The van der Waals surface area contributed by atoms with Crippen LogP contribution < -0.4 is 14.8 Å². The molecule has 1 aromatic rings. The van der Waals surface area contributed by atoms with Gasteiger partial charge in [0.2, 0.25) is 6.79 Å². The van der Waals surface area contributed by atoms with Crippen molar-refractivity contribution in [2.24, 2.45) is 0 Å². The molecule has 5 heteroatoms. The van der Waals surface area contributed by atoms with Crippen molar-refractivity contribution >= 4 is 5.91 Å². The number of carbonyl (C=O) groups is 1. The molecule has 1 N–H and O–H groups in total. The topological polar surface area (TPSA) is 50.8 Å². The molecule has 3 rings (SSSR count). The number of carbonyl (C=O) groups excluding carboxylic acids is 1. The zero-order valence-corrected chi connectivity index (χ0v) is 11.0. The first-order chi connectivity index (χ1) is 9.31. The van der Waals surface area contributed by atoms with Crippen LogP contribution >= 0.6 is 0 Å². The van der Waals surface area contributed by atoms with Gasteiger partial charge in [-0.15, -0.1) is 0 Å².